The zero-order valence-electron chi connectivity index (χ0n) is 14.4. The van der Waals surface area contributed by atoms with Crippen molar-refractivity contribution < 1.29 is 9.90 Å². The summed E-state index contributed by atoms with van der Waals surface area (Å²) in [6, 6.07) is 0. The van der Waals surface area contributed by atoms with Crippen LogP contribution in [0, 0.1) is 28.6 Å². The van der Waals surface area contributed by atoms with Crippen molar-refractivity contribution in [3.05, 3.63) is 36.0 Å². The van der Waals surface area contributed by atoms with E-state index in [9.17, 15) is 9.90 Å². The molecule has 0 heterocycles. The molecule has 0 bridgehead atoms. The highest BCUT2D eigenvalue weighted by molar-refractivity contribution is 6.05. The van der Waals surface area contributed by atoms with Gasteiger partial charge in [-0.05, 0) is 78.9 Å². The van der Waals surface area contributed by atoms with Crippen LogP contribution in [-0.4, -0.2) is 17.0 Å². The number of allylic oxidation sites excluding steroid dienone is 3. The monoisotopic (exact) mass is 312 g/mol. The number of carbonyl (C=O) groups is 1. The second-order valence-corrected chi connectivity index (χ2v) is 8.94. The third-order valence-electron chi connectivity index (χ3n) is 7.89. The minimum Gasteiger partial charge on any atom is -0.393 e. The maximum absolute atomic E-state index is 12.1. The fourth-order valence-electron chi connectivity index (χ4n) is 6.59. The molecule has 0 aromatic rings. The molecule has 0 spiro atoms. The van der Waals surface area contributed by atoms with Crippen molar-refractivity contribution >= 4 is 5.78 Å². The van der Waals surface area contributed by atoms with Crippen molar-refractivity contribution in [2.24, 2.45) is 28.6 Å². The lowest BCUT2D eigenvalue weighted by Gasteiger charge is -2.58. The molecule has 6 atom stereocenters. The summed E-state index contributed by atoms with van der Waals surface area (Å²) in [5, 5.41) is 10.5. The van der Waals surface area contributed by atoms with Crippen LogP contribution in [-0.2, 0) is 4.79 Å². The fraction of sp³-hybridized carbons (Fsp3) is 0.667. The van der Waals surface area contributed by atoms with Crippen molar-refractivity contribution in [2.75, 3.05) is 0 Å². The van der Waals surface area contributed by atoms with E-state index in [-0.39, 0.29) is 22.7 Å². The highest BCUT2D eigenvalue weighted by Gasteiger charge is 2.59. The molecule has 124 valence electrons. The van der Waals surface area contributed by atoms with Gasteiger partial charge in [0.15, 0.2) is 5.78 Å². The zero-order valence-corrected chi connectivity index (χ0v) is 14.4. The molecule has 4 rings (SSSR count). The Labute approximate surface area is 139 Å². The maximum atomic E-state index is 12.1. The highest BCUT2D eigenvalue weighted by atomic mass is 16.3. The lowest BCUT2D eigenvalue weighted by Crippen LogP contribution is -2.51. The number of ketones is 1. The molecule has 4 aliphatic rings. The van der Waals surface area contributed by atoms with Gasteiger partial charge in [0.25, 0.3) is 0 Å². The lowest BCUT2D eigenvalue weighted by molar-refractivity contribution is -0.113. The topological polar surface area (TPSA) is 37.3 Å². The van der Waals surface area contributed by atoms with Crippen LogP contribution in [0.15, 0.2) is 36.0 Å². The first kappa shape index (κ1) is 15.4. The quantitative estimate of drug-likeness (QED) is 0.680. The van der Waals surface area contributed by atoms with Crippen LogP contribution in [0.25, 0.3) is 0 Å². The lowest BCUT2D eigenvalue weighted by atomic mass is 9.46. The summed E-state index contributed by atoms with van der Waals surface area (Å²) in [7, 11) is 0. The summed E-state index contributed by atoms with van der Waals surface area (Å²) in [5.41, 5.74) is 3.20. The fourth-order valence-corrected chi connectivity index (χ4v) is 6.59. The van der Waals surface area contributed by atoms with Gasteiger partial charge in [0.05, 0.1) is 6.10 Å². The first-order valence-electron chi connectivity index (χ1n) is 9.08. The molecule has 0 aromatic carbocycles. The molecule has 2 heteroatoms. The van der Waals surface area contributed by atoms with Gasteiger partial charge in [-0.15, -0.1) is 0 Å². The minimum atomic E-state index is -0.144. The zero-order chi connectivity index (χ0) is 16.6. The van der Waals surface area contributed by atoms with Crippen LogP contribution in [0.1, 0.15) is 52.4 Å². The number of aliphatic hydroxyl groups excluding tert-OH is 1. The molecule has 0 aliphatic heterocycles. The van der Waals surface area contributed by atoms with Gasteiger partial charge in [0, 0.05) is 5.41 Å². The summed E-state index contributed by atoms with van der Waals surface area (Å²) < 4.78 is 0. The molecule has 0 aromatic heterocycles. The first-order chi connectivity index (χ1) is 10.8. The summed E-state index contributed by atoms with van der Waals surface area (Å²) in [6.07, 6.45) is 7.80. The molecule has 23 heavy (non-hydrogen) atoms. The SMILES string of the molecule is C=C1C[C@@]2(C)C(=CC1=O)C(=C)C[C@H]1[C@@H]3CC[C@H](O)[C@@]3(C)CC[C@@H]12. The third kappa shape index (κ3) is 1.88. The van der Waals surface area contributed by atoms with E-state index in [1.54, 1.807) is 0 Å². The molecule has 1 N–H and O–H groups in total. The molecule has 0 unspecified atom stereocenters. The van der Waals surface area contributed by atoms with Gasteiger partial charge in [-0.25, -0.2) is 0 Å². The van der Waals surface area contributed by atoms with Crippen LogP contribution in [0.3, 0.4) is 0 Å². The van der Waals surface area contributed by atoms with Crippen LogP contribution in [0.2, 0.25) is 0 Å². The van der Waals surface area contributed by atoms with Gasteiger partial charge < -0.3 is 5.11 Å². The maximum Gasteiger partial charge on any atom is 0.181 e. The summed E-state index contributed by atoms with van der Waals surface area (Å²) in [4.78, 5) is 12.1. The Morgan fingerprint density at radius 2 is 1.87 bits per heavy atom. The van der Waals surface area contributed by atoms with Crippen molar-refractivity contribution in [3.63, 3.8) is 0 Å². The Morgan fingerprint density at radius 1 is 1.13 bits per heavy atom. The predicted octanol–water partition coefficient (Wildman–Crippen LogP) is 4.21. The highest BCUT2D eigenvalue weighted by Crippen LogP contribution is 2.66. The van der Waals surface area contributed by atoms with E-state index in [0.29, 0.717) is 17.8 Å². The van der Waals surface area contributed by atoms with Gasteiger partial charge in [0.1, 0.15) is 0 Å². The molecule has 3 saturated carbocycles. The second kappa shape index (κ2) is 4.69. The molecule has 2 nitrogen and oxygen atoms in total. The van der Waals surface area contributed by atoms with Gasteiger partial charge in [-0.3, -0.25) is 4.79 Å². The Morgan fingerprint density at radius 3 is 2.61 bits per heavy atom. The molecular formula is C21H28O2. The van der Waals surface area contributed by atoms with Crippen LogP contribution in [0.5, 0.6) is 0 Å². The van der Waals surface area contributed by atoms with Crippen LogP contribution < -0.4 is 0 Å². The molecular weight excluding hydrogens is 284 g/mol. The average Bonchev–Trinajstić information content (AvgIpc) is 2.78. The minimum absolute atomic E-state index is 0.0138. The van der Waals surface area contributed by atoms with Gasteiger partial charge in [-0.1, -0.05) is 32.6 Å². The Hall–Kier alpha value is -1.15. The number of carbonyl (C=O) groups excluding carboxylic acids is 1. The van der Waals surface area contributed by atoms with E-state index in [1.165, 1.54) is 5.57 Å². The summed E-state index contributed by atoms with van der Waals surface area (Å²) >= 11 is 0. The average molecular weight is 312 g/mol. The number of aliphatic hydroxyl groups is 1. The Balaban J connectivity index is 1.77. The van der Waals surface area contributed by atoms with Crippen molar-refractivity contribution in [3.8, 4) is 0 Å². The summed E-state index contributed by atoms with van der Waals surface area (Å²) in [5.74, 6) is 1.88. The molecule has 0 saturated heterocycles. The normalized spacial score (nSPS) is 49.3. The molecule has 4 aliphatic carbocycles. The Kier molecular flexibility index (Phi) is 3.14. The molecule has 3 fully saturated rings. The summed E-state index contributed by atoms with van der Waals surface area (Å²) in [6.45, 7) is 13.0. The van der Waals surface area contributed by atoms with Gasteiger partial charge in [-0.2, -0.15) is 0 Å². The molecule has 0 amide bonds. The third-order valence-corrected chi connectivity index (χ3v) is 7.89. The first-order valence-corrected chi connectivity index (χ1v) is 9.08. The van der Waals surface area contributed by atoms with Crippen LogP contribution in [0.4, 0.5) is 0 Å². The van der Waals surface area contributed by atoms with E-state index in [2.05, 4.69) is 27.0 Å². The Bertz CT molecular complexity index is 642. The van der Waals surface area contributed by atoms with Crippen LogP contribution >= 0.6 is 0 Å². The van der Waals surface area contributed by atoms with Crippen molar-refractivity contribution in [2.45, 2.75) is 58.5 Å². The second-order valence-electron chi connectivity index (χ2n) is 8.94. The smallest absolute Gasteiger partial charge is 0.181 e. The van der Waals surface area contributed by atoms with E-state index in [0.717, 1.165) is 49.7 Å². The number of hydrogen-bond acceptors (Lipinski definition) is 2. The number of fused-ring (bicyclic) bond motifs is 5. The standard InChI is InChI=1S/C21H28O2/c1-12-9-14-15-5-6-19(23)20(15,3)8-7-16(14)21(4)11-13(2)18(22)10-17(12)21/h10,14-16,19,23H,1-2,5-9,11H2,3-4H3/t14-,15-,16-,19-,20-,21+/m0/s1. The van der Waals surface area contributed by atoms with Gasteiger partial charge >= 0.3 is 0 Å². The van der Waals surface area contributed by atoms with Crippen molar-refractivity contribution in [1.82, 2.24) is 0 Å². The number of rotatable bonds is 0. The van der Waals surface area contributed by atoms with Crippen molar-refractivity contribution in [1.29, 1.82) is 0 Å². The van der Waals surface area contributed by atoms with E-state index in [1.807, 2.05) is 6.08 Å². The predicted molar refractivity (Wildman–Crippen MR) is 91.8 cm³/mol. The largest absolute Gasteiger partial charge is 0.393 e. The van der Waals surface area contributed by atoms with E-state index < -0.39 is 0 Å². The van der Waals surface area contributed by atoms with E-state index >= 15 is 0 Å². The van der Waals surface area contributed by atoms with E-state index in [4.69, 9.17) is 0 Å². The molecule has 0 radical (unpaired) electrons. The van der Waals surface area contributed by atoms with Gasteiger partial charge in [0.2, 0.25) is 0 Å². The number of hydrogen-bond donors (Lipinski definition) is 1.